The summed E-state index contributed by atoms with van der Waals surface area (Å²) in [6.07, 6.45) is 1.83. The number of rotatable bonds is 5. The van der Waals surface area contributed by atoms with Crippen molar-refractivity contribution in [1.29, 1.82) is 5.26 Å². The van der Waals surface area contributed by atoms with Gasteiger partial charge in [-0.3, -0.25) is 4.40 Å². The number of anilines is 1. The Morgan fingerprint density at radius 1 is 1.28 bits per heavy atom. The minimum absolute atomic E-state index is 0.0251. The molecule has 0 aliphatic rings. The van der Waals surface area contributed by atoms with Crippen LogP contribution in [0.25, 0.3) is 5.78 Å². The Hall–Kier alpha value is -3.21. The number of aryl methyl sites for hydroxylation is 2. The highest BCUT2D eigenvalue weighted by atomic mass is 19.3. The fraction of sp³-hybridized carbons (Fsp3) is 0.235. The molecule has 2 heterocycles. The molecule has 3 rings (SSSR count). The summed E-state index contributed by atoms with van der Waals surface area (Å²) >= 11 is 0. The van der Waals surface area contributed by atoms with Crippen molar-refractivity contribution >= 4 is 11.5 Å². The Morgan fingerprint density at radius 3 is 2.80 bits per heavy atom. The van der Waals surface area contributed by atoms with E-state index in [0.29, 0.717) is 22.7 Å². The number of ether oxygens (including phenoxy) is 1. The molecule has 0 bridgehead atoms. The zero-order valence-corrected chi connectivity index (χ0v) is 13.6. The minimum atomic E-state index is -2.95. The van der Waals surface area contributed by atoms with Crippen LogP contribution in [0.5, 0.6) is 5.75 Å². The molecule has 6 nitrogen and oxygen atoms in total. The molecular formula is C17H15F2N5O. The molecule has 0 unspecified atom stereocenters. The number of fused-ring (bicyclic) bond motifs is 1. The van der Waals surface area contributed by atoms with Crippen LogP contribution in [-0.4, -0.2) is 21.0 Å². The molecule has 25 heavy (non-hydrogen) atoms. The third-order valence-corrected chi connectivity index (χ3v) is 3.60. The van der Waals surface area contributed by atoms with Crippen LogP contribution in [0, 0.1) is 25.2 Å². The van der Waals surface area contributed by atoms with Gasteiger partial charge in [0.1, 0.15) is 5.75 Å². The first-order valence-electron chi connectivity index (χ1n) is 7.51. The Balaban J connectivity index is 1.86. The molecule has 0 fully saturated rings. The number of nitrogens with one attached hydrogen (secondary N) is 1. The molecule has 0 saturated carbocycles. The van der Waals surface area contributed by atoms with Gasteiger partial charge < -0.3 is 10.1 Å². The lowest BCUT2D eigenvalue weighted by molar-refractivity contribution is -0.0493. The van der Waals surface area contributed by atoms with Crippen LogP contribution in [0.15, 0.2) is 30.5 Å². The Morgan fingerprint density at radius 2 is 2.08 bits per heavy atom. The number of nitrogens with zero attached hydrogens (tertiary/aromatic N) is 4. The Bertz CT molecular complexity index is 962. The molecule has 3 aromatic rings. The zero-order chi connectivity index (χ0) is 18.0. The minimum Gasteiger partial charge on any atom is -0.433 e. The molecular weight excluding hydrogens is 328 g/mol. The molecule has 2 aromatic heterocycles. The van der Waals surface area contributed by atoms with Crippen molar-refractivity contribution in [2.75, 3.05) is 5.32 Å². The van der Waals surface area contributed by atoms with E-state index in [1.54, 1.807) is 0 Å². The van der Waals surface area contributed by atoms with E-state index < -0.39 is 6.61 Å². The molecule has 0 spiro atoms. The highest BCUT2D eigenvalue weighted by molar-refractivity contribution is 5.60. The highest BCUT2D eigenvalue weighted by Gasteiger charge is 2.12. The number of alkyl halides is 2. The molecule has 0 amide bonds. The van der Waals surface area contributed by atoms with Gasteiger partial charge >= 0.3 is 6.61 Å². The number of aromatic nitrogens is 3. The zero-order valence-electron chi connectivity index (χ0n) is 13.6. The third-order valence-electron chi connectivity index (χ3n) is 3.60. The van der Waals surface area contributed by atoms with Crippen LogP contribution in [-0.2, 0) is 6.54 Å². The van der Waals surface area contributed by atoms with Gasteiger partial charge in [0.15, 0.2) is 0 Å². The van der Waals surface area contributed by atoms with Crippen molar-refractivity contribution in [2.45, 2.75) is 27.0 Å². The summed E-state index contributed by atoms with van der Waals surface area (Å²) < 4.78 is 31.4. The molecule has 8 heteroatoms. The fourth-order valence-electron chi connectivity index (χ4n) is 2.53. The SMILES string of the molecule is Cc1cc(C)n2cc(CNc3cc(C#N)ccc3OC(F)F)nc2n1. The highest BCUT2D eigenvalue weighted by Crippen LogP contribution is 2.27. The predicted octanol–water partition coefficient (Wildman–Crippen LogP) is 3.43. The van der Waals surface area contributed by atoms with Crippen LogP contribution < -0.4 is 10.1 Å². The summed E-state index contributed by atoms with van der Waals surface area (Å²) in [5.41, 5.74) is 3.19. The van der Waals surface area contributed by atoms with Crippen molar-refractivity contribution in [2.24, 2.45) is 0 Å². The van der Waals surface area contributed by atoms with Gasteiger partial charge in [-0.15, -0.1) is 0 Å². The van der Waals surface area contributed by atoms with Crippen molar-refractivity contribution < 1.29 is 13.5 Å². The summed E-state index contributed by atoms with van der Waals surface area (Å²) in [4.78, 5) is 8.77. The number of nitriles is 1. The van der Waals surface area contributed by atoms with E-state index in [0.717, 1.165) is 11.4 Å². The lowest BCUT2D eigenvalue weighted by Crippen LogP contribution is -2.07. The molecule has 128 valence electrons. The van der Waals surface area contributed by atoms with E-state index in [4.69, 9.17) is 5.26 Å². The summed E-state index contributed by atoms with van der Waals surface area (Å²) in [7, 11) is 0. The van der Waals surface area contributed by atoms with E-state index in [2.05, 4.69) is 20.0 Å². The molecule has 1 aromatic carbocycles. The van der Waals surface area contributed by atoms with Crippen molar-refractivity contribution in [3.63, 3.8) is 0 Å². The maximum Gasteiger partial charge on any atom is 0.387 e. The topological polar surface area (TPSA) is 75.2 Å². The molecule has 0 atom stereocenters. The molecule has 0 aliphatic carbocycles. The number of hydrogen-bond acceptors (Lipinski definition) is 5. The maximum atomic E-state index is 12.5. The first kappa shape index (κ1) is 16.6. The van der Waals surface area contributed by atoms with Gasteiger partial charge in [-0.05, 0) is 38.1 Å². The normalized spacial score (nSPS) is 10.9. The van der Waals surface area contributed by atoms with E-state index in [9.17, 15) is 8.78 Å². The van der Waals surface area contributed by atoms with Crippen molar-refractivity contribution in [1.82, 2.24) is 14.4 Å². The van der Waals surface area contributed by atoms with Crippen LogP contribution in [0.3, 0.4) is 0 Å². The molecule has 0 aliphatic heterocycles. The van der Waals surface area contributed by atoms with Gasteiger partial charge in [0.25, 0.3) is 0 Å². The molecule has 0 saturated heterocycles. The second kappa shape index (κ2) is 6.73. The van der Waals surface area contributed by atoms with E-state index in [1.165, 1.54) is 18.2 Å². The smallest absolute Gasteiger partial charge is 0.387 e. The monoisotopic (exact) mass is 343 g/mol. The number of benzene rings is 1. The Kier molecular flexibility index (Phi) is 4.48. The van der Waals surface area contributed by atoms with Crippen LogP contribution in [0.4, 0.5) is 14.5 Å². The maximum absolute atomic E-state index is 12.5. The van der Waals surface area contributed by atoms with Crippen LogP contribution in [0.2, 0.25) is 0 Å². The third kappa shape index (κ3) is 3.66. The predicted molar refractivity (Wildman–Crippen MR) is 87.6 cm³/mol. The quantitative estimate of drug-likeness (QED) is 0.768. The average molecular weight is 343 g/mol. The van der Waals surface area contributed by atoms with Crippen LogP contribution >= 0.6 is 0 Å². The fourth-order valence-corrected chi connectivity index (χ4v) is 2.53. The van der Waals surface area contributed by atoms with Gasteiger partial charge in [0.2, 0.25) is 5.78 Å². The number of hydrogen-bond donors (Lipinski definition) is 1. The molecule has 1 N–H and O–H groups in total. The summed E-state index contributed by atoms with van der Waals surface area (Å²) in [6.45, 7) is 1.17. The van der Waals surface area contributed by atoms with E-state index in [1.807, 2.05) is 36.6 Å². The summed E-state index contributed by atoms with van der Waals surface area (Å²) in [6, 6.07) is 8.13. The van der Waals surface area contributed by atoms with Gasteiger partial charge in [-0.1, -0.05) is 0 Å². The second-order valence-electron chi connectivity index (χ2n) is 5.50. The van der Waals surface area contributed by atoms with Crippen molar-refractivity contribution in [3.8, 4) is 11.8 Å². The Labute approximate surface area is 142 Å². The van der Waals surface area contributed by atoms with Gasteiger partial charge in [-0.25, -0.2) is 9.97 Å². The second-order valence-corrected chi connectivity index (χ2v) is 5.50. The standard InChI is InChI=1S/C17H15F2N5O/c1-10-5-11(2)24-9-13(23-17(24)22-10)8-21-14-6-12(7-20)3-4-15(14)25-16(18)19/h3-6,9,16,21H,8H2,1-2H3. The van der Waals surface area contributed by atoms with Gasteiger partial charge in [0.05, 0.1) is 29.6 Å². The van der Waals surface area contributed by atoms with Crippen molar-refractivity contribution in [3.05, 3.63) is 53.1 Å². The van der Waals surface area contributed by atoms with E-state index >= 15 is 0 Å². The first-order chi connectivity index (χ1) is 12.0. The van der Waals surface area contributed by atoms with Gasteiger partial charge in [0, 0.05) is 17.6 Å². The van der Waals surface area contributed by atoms with Crippen LogP contribution in [0.1, 0.15) is 22.6 Å². The van der Waals surface area contributed by atoms with E-state index in [-0.39, 0.29) is 12.3 Å². The first-order valence-corrected chi connectivity index (χ1v) is 7.51. The molecule has 0 radical (unpaired) electrons. The average Bonchev–Trinajstić information content (AvgIpc) is 2.96. The number of imidazole rings is 1. The summed E-state index contributed by atoms with van der Waals surface area (Å²) in [5, 5.41) is 12.0. The largest absolute Gasteiger partial charge is 0.433 e. The lowest BCUT2D eigenvalue weighted by atomic mass is 10.2. The summed E-state index contributed by atoms with van der Waals surface area (Å²) in [5.74, 6) is 0.548. The number of halogens is 2. The van der Waals surface area contributed by atoms with Gasteiger partial charge in [-0.2, -0.15) is 14.0 Å². The lowest BCUT2D eigenvalue weighted by Gasteiger charge is -2.12.